The molecule has 6 rings (SSSR count). The molecule has 0 amide bonds. The van der Waals surface area contributed by atoms with Gasteiger partial charge in [0.1, 0.15) is 30.0 Å². The van der Waals surface area contributed by atoms with Crippen LogP contribution in [0.1, 0.15) is 25.3 Å². The summed E-state index contributed by atoms with van der Waals surface area (Å²) in [6, 6.07) is 8.61. The predicted molar refractivity (Wildman–Crippen MR) is 209 cm³/mol. The zero-order valence-corrected chi connectivity index (χ0v) is 32.8. The van der Waals surface area contributed by atoms with Gasteiger partial charge in [-0.05, 0) is 72.3 Å². The summed E-state index contributed by atoms with van der Waals surface area (Å²) in [5, 5.41) is 7.40. The fourth-order valence-corrected chi connectivity index (χ4v) is 9.17. The molecule has 0 spiro atoms. The van der Waals surface area contributed by atoms with Crippen LogP contribution in [0, 0.1) is 0 Å². The minimum atomic E-state index is -2.75. The molecule has 2 aliphatic heterocycles. The maximum atomic E-state index is 13.5. The van der Waals surface area contributed by atoms with E-state index in [1.807, 2.05) is 12.1 Å². The highest BCUT2D eigenvalue weighted by Gasteiger charge is 2.29. The number of nitrogens with zero attached hydrogens (tertiary/aromatic N) is 7. The minimum Gasteiger partial charge on any atom is -0.617 e. The van der Waals surface area contributed by atoms with Gasteiger partial charge in [-0.2, -0.15) is 4.98 Å². The smallest absolute Gasteiger partial charge is 0.229 e. The first-order chi connectivity index (χ1) is 24.0. The van der Waals surface area contributed by atoms with E-state index in [4.69, 9.17) is 9.72 Å². The fourth-order valence-electron chi connectivity index (χ4n) is 6.97. The Morgan fingerprint density at radius 1 is 1.02 bits per heavy atom. The molecule has 2 aromatic heterocycles. The van der Waals surface area contributed by atoms with Gasteiger partial charge in [0.15, 0.2) is 0 Å². The Morgan fingerprint density at radius 2 is 1.76 bits per heavy atom. The van der Waals surface area contributed by atoms with Crippen LogP contribution >= 0.6 is 23.1 Å². The number of nitrogens with one attached hydrogen (secondary N) is 2. The van der Waals surface area contributed by atoms with E-state index in [-0.39, 0.29) is 0 Å². The minimum absolute atomic E-state index is 0.394. The molecule has 4 aromatic rings. The Morgan fingerprint density at radius 3 is 2.44 bits per heavy atom. The van der Waals surface area contributed by atoms with Gasteiger partial charge in [-0.1, -0.05) is 18.1 Å². The van der Waals surface area contributed by atoms with E-state index < -0.39 is 18.3 Å². The largest absolute Gasteiger partial charge is 0.617 e. The normalized spacial score (nSPS) is 17.2. The molecule has 4 heterocycles. The van der Waals surface area contributed by atoms with Crippen LogP contribution < -0.4 is 25.6 Å². The number of aromatic nitrogens is 4. The van der Waals surface area contributed by atoms with Crippen molar-refractivity contribution in [2.75, 3.05) is 93.8 Å². The summed E-state index contributed by atoms with van der Waals surface area (Å²) >= 11 is 2.86. The summed E-state index contributed by atoms with van der Waals surface area (Å²) in [6.45, 7) is 12.9. The van der Waals surface area contributed by atoms with E-state index in [1.54, 1.807) is 45.3 Å². The number of halogens is 1. The molecule has 2 saturated heterocycles. The highest BCUT2D eigenvalue weighted by Crippen LogP contribution is 2.42. The van der Waals surface area contributed by atoms with Crippen molar-refractivity contribution in [1.29, 1.82) is 0 Å². The highest BCUT2D eigenvalue weighted by molar-refractivity contribution is 9.10. The molecule has 0 aliphatic carbocycles. The van der Waals surface area contributed by atoms with Gasteiger partial charge in [-0.25, -0.2) is 4.98 Å². The van der Waals surface area contributed by atoms with Gasteiger partial charge < -0.3 is 29.4 Å². The highest BCUT2D eigenvalue weighted by atomic mass is 79.9. The second-order valence-electron chi connectivity index (χ2n) is 13.3. The van der Waals surface area contributed by atoms with E-state index in [0.29, 0.717) is 44.3 Å². The van der Waals surface area contributed by atoms with Crippen molar-refractivity contribution in [2.45, 2.75) is 32.2 Å². The molecule has 12 nitrogen and oxygen atoms in total. The number of fused-ring (bicyclic) bond motifs is 1. The van der Waals surface area contributed by atoms with Gasteiger partial charge in [0.05, 0.1) is 40.0 Å². The van der Waals surface area contributed by atoms with E-state index in [2.05, 4.69) is 75.3 Å². The van der Waals surface area contributed by atoms with Crippen molar-refractivity contribution < 1.29 is 13.9 Å². The first-order valence-electron chi connectivity index (χ1n) is 17.1. The third-order valence-corrected chi connectivity index (χ3v) is 12.5. The SMILES string of the molecule is CCc1cc(Nc2ncc(Br)c(Nc3ccc4nccnc4c3P(C)(C)=O)n2)c(OC)cc1N1CCC(N2CCN(CC[S+](C)[O-])CC2)CC1. The standard InChI is InChI=1S/C35H47BrN9O3PS/c1-6-24-21-29(31(48-2)22-30(24)45-13-9-25(10-14-45)44-17-15-43(16-18-44)19-20-50(5)47)41-35-39-23-26(36)34(42-35)40-28-8-7-27-32(38-12-11-37-27)33(28)49(3,4)46/h7-8,11-12,21-23,25H,6,9-10,13-20H2,1-5H3,(H2,39,40,41,42). The van der Waals surface area contributed by atoms with Gasteiger partial charge in [-0.3, -0.25) is 19.8 Å². The Hall–Kier alpha value is -3.00. The zero-order valence-electron chi connectivity index (χ0n) is 29.5. The molecule has 1 atom stereocenters. The van der Waals surface area contributed by atoms with Gasteiger partial charge in [-0.15, -0.1) is 0 Å². The Kier molecular flexibility index (Phi) is 11.9. The lowest BCUT2D eigenvalue weighted by Gasteiger charge is -2.43. The number of hydrogen-bond acceptors (Lipinski definition) is 12. The summed E-state index contributed by atoms with van der Waals surface area (Å²) in [5.74, 6) is 2.40. The number of piperidine rings is 1. The lowest BCUT2D eigenvalue weighted by atomic mass is 9.99. The maximum Gasteiger partial charge on any atom is 0.229 e. The molecule has 268 valence electrons. The number of ether oxygens (including phenoxy) is 1. The third kappa shape index (κ3) is 8.54. The Labute approximate surface area is 306 Å². The van der Waals surface area contributed by atoms with Crippen LogP contribution in [0.2, 0.25) is 0 Å². The molecule has 2 N–H and O–H groups in total. The van der Waals surface area contributed by atoms with Gasteiger partial charge in [0.2, 0.25) is 5.95 Å². The molecule has 15 heteroatoms. The predicted octanol–water partition coefficient (Wildman–Crippen LogP) is 5.45. The average Bonchev–Trinajstić information content (AvgIpc) is 3.11. The number of anilines is 5. The van der Waals surface area contributed by atoms with Crippen molar-refractivity contribution in [3.63, 3.8) is 0 Å². The summed E-state index contributed by atoms with van der Waals surface area (Å²) in [7, 11) is -1.06. The van der Waals surface area contributed by atoms with Crippen LogP contribution in [0.3, 0.4) is 0 Å². The van der Waals surface area contributed by atoms with Crippen LogP contribution in [0.5, 0.6) is 5.75 Å². The summed E-state index contributed by atoms with van der Waals surface area (Å²) in [4.78, 5) is 25.8. The Bertz CT molecular complexity index is 1850. The van der Waals surface area contributed by atoms with Crippen LogP contribution in [0.15, 0.2) is 47.3 Å². The van der Waals surface area contributed by atoms with Crippen molar-refractivity contribution in [1.82, 2.24) is 29.7 Å². The van der Waals surface area contributed by atoms with Gasteiger partial charge in [0.25, 0.3) is 0 Å². The van der Waals surface area contributed by atoms with Gasteiger partial charge in [0, 0.05) is 82.2 Å². The maximum absolute atomic E-state index is 13.5. The fraction of sp³-hybridized carbons (Fsp3) is 0.486. The number of benzene rings is 2. The molecule has 50 heavy (non-hydrogen) atoms. The molecule has 2 aromatic carbocycles. The van der Waals surface area contributed by atoms with Crippen molar-refractivity contribution in [3.05, 3.63) is 52.9 Å². The molecule has 1 unspecified atom stereocenters. The number of methoxy groups -OCH3 is 1. The molecular weight excluding hydrogens is 737 g/mol. The number of rotatable bonds is 12. The quantitative estimate of drug-likeness (QED) is 0.140. The zero-order chi connectivity index (χ0) is 35.4. The first-order valence-corrected chi connectivity index (χ1v) is 22.2. The molecule has 0 bridgehead atoms. The number of hydrogen-bond donors (Lipinski definition) is 2. The monoisotopic (exact) mass is 783 g/mol. The molecular formula is C35H47BrN9O3PS. The summed E-state index contributed by atoms with van der Waals surface area (Å²) in [6.07, 6.45) is 9.85. The summed E-state index contributed by atoms with van der Waals surface area (Å²) < 4.78 is 31.5. The average molecular weight is 785 g/mol. The van der Waals surface area contributed by atoms with Crippen molar-refractivity contribution in [2.24, 2.45) is 0 Å². The third-order valence-electron chi connectivity index (χ3n) is 9.60. The van der Waals surface area contributed by atoms with Crippen LogP contribution in [-0.4, -0.2) is 119 Å². The summed E-state index contributed by atoms with van der Waals surface area (Å²) in [5.41, 5.74) is 5.17. The topological polar surface area (TPSA) is 135 Å². The second kappa shape index (κ2) is 16.1. The molecule has 0 radical (unpaired) electrons. The molecule has 0 saturated carbocycles. The van der Waals surface area contributed by atoms with E-state index >= 15 is 0 Å². The van der Waals surface area contributed by atoms with E-state index in [0.717, 1.165) is 82.3 Å². The van der Waals surface area contributed by atoms with Crippen LogP contribution in [-0.2, 0) is 22.2 Å². The van der Waals surface area contributed by atoms with E-state index in [1.165, 1.54) is 11.3 Å². The van der Waals surface area contributed by atoms with Crippen LogP contribution in [0.4, 0.5) is 28.8 Å². The first kappa shape index (κ1) is 36.8. The van der Waals surface area contributed by atoms with Crippen molar-refractivity contribution in [3.8, 4) is 5.75 Å². The second-order valence-corrected chi connectivity index (χ2v) is 18.8. The lowest BCUT2D eigenvalue weighted by molar-refractivity contribution is 0.0882. The Balaban J connectivity index is 1.16. The van der Waals surface area contributed by atoms with Gasteiger partial charge >= 0.3 is 0 Å². The molecule has 2 aliphatic rings. The number of aryl methyl sites for hydroxylation is 1. The lowest BCUT2D eigenvalue weighted by Crippen LogP contribution is -2.53. The van der Waals surface area contributed by atoms with Crippen LogP contribution in [0.25, 0.3) is 11.0 Å². The number of piperazine rings is 1. The van der Waals surface area contributed by atoms with Crippen molar-refractivity contribution >= 4 is 79.4 Å². The van der Waals surface area contributed by atoms with E-state index in [9.17, 15) is 9.12 Å². The molecule has 2 fully saturated rings.